The van der Waals surface area contributed by atoms with Crippen LogP contribution in [0.5, 0.6) is 0 Å². The van der Waals surface area contributed by atoms with Crippen molar-refractivity contribution >= 4 is 22.0 Å². The van der Waals surface area contributed by atoms with Gasteiger partial charge in [0.1, 0.15) is 0 Å². The first-order valence-corrected chi connectivity index (χ1v) is 14.6. The fourth-order valence-corrected chi connectivity index (χ4v) is 4.72. The monoisotopic (exact) mass is 470 g/mol. The summed E-state index contributed by atoms with van der Waals surface area (Å²) in [5, 5.41) is 0. The van der Waals surface area contributed by atoms with E-state index in [0.29, 0.717) is 12.5 Å². The SMILES string of the molecule is CC(C)OCCSCCCCCCCCCCCCCCCCS(F)(F)(F)(F)F. The minimum Gasteiger partial charge on any atom is -0.378 e. The molecule has 0 aliphatic carbocycles. The molecule has 0 fully saturated rings. The molecule has 0 saturated carbocycles. The third-order valence-electron chi connectivity index (χ3n) is 4.75. The van der Waals surface area contributed by atoms with Crippen LogP contribution in [0.3, 0.4) is 0 Å². The summed E-state index contributed by atoms with van der Waals surface area (Å²) >= 11 is 1.97. The Bertz CT molecular complexity index is 387. The molecular formula is C21H43F5OS2. The first-order valence-electron chi connectivity index (χ1n) is 11.3. The van der Waals surface area contributed by atoms with Gasteiger partial charge in [-0.25, -0.2) is 0 Å². The third-order valence-corrected chi connectivity index (χ3v) is 6.84. The minimum atomic E-state index is -9.17. The van der Waals surface area contributed by atoms with Crippen molar-refractivity contribution in [3.63, 3.8) is 0 Å². The van der Waals surface area contributed by atoms with Crippen LogP contribution >= 0.6 is 22.0 Å². The highest BCUT2D eigenvalue weighted by molar-refractivity contribution is 8.45. The molecule has 0 aromatic rings. The van der Waals surface area contributed by atoms with Crippen molar-refractivity contribution in [2.45, 2.75) is 110 Å². The van der Waals surface area contributed by atoms with Gasteiger partial charge in [0.15, 0.2) is 0 Å². The molecule has 0 aliphatic heterocycles. The van der Waals surface area contributed by atoms with Gasteiger partial charge in [0.05, 0.1) is 18.5 Å². The summed E-state index contributed by atoms with van der Waals surface area (Å²) in [6.45, 7) is 4.97. The summed E-state index contributed by atoms with van der Waals surface area (Å²) < 4.78 is 66.3. The standard InChI is InChI=1S/C21H43F5OS2/c1-21(2)27-17-19-28-18-15-13-11-9-7-5-3-4-6-8-10-12-14-16-20-29(22,23,24,25)26/h21H,3-20H2,1-2H3. The fraction of sp³-hybridized carbons (Fsp3) is 1.00. The molecule has 0 saturated heterocycles. The highest BCUT2D eigenvalue weighted by Gasteiger charge is 2.62. The van der Waals surface area contributed by atoms with Gasteiger partial charge >= 0.3 is 0 Å². The van der Waals surface area contributed by atoms with E-state index in [0.717, 1.165) is 31.6 Å². The van der Waals surface area contributed by atoms with Gasteiger partial charge in [0, 0.05) is 5.75 Å². The van der Waals surface area contributed by atoms with Crippen molar-refractivity contribution < 1.29 is 24.2 Å². The highest BCUT2D eigenvalue weighted by Crippen LogP contribution is 2.97. The van der Waals surface area contributed by atoms with Crippen LogP contribution in [0.15, 0.2) is 0 Å². The summed E-state index contributed by atoms with van der Waals surface area (Å²) in [4.78, 5) is 0. The zero-order valence-electron chi connectivity index (χ0n) is 18.4. The molecule has 0 amide bonds. The first-order chi connectivity index (χ1) is 13.4. The second kappa shape index (κ2) is 14.4. The Hall–Kier alpha value is 0.310. The second-order valence-electron chi connectivity index (χ2n) is 8.31. The maximum absolute atomic E-state index is 12.2. The highest BCUT2D eigenvalue weighted by atomic mass is 32.5. The Morgan fingerprint density at radius 2 is 0.966 bits per heavy atom. The van der Waals surface area contributed by atoms with E-state index in [4.69, 9.17) is 4.74 Å². The number of ether oxygens (including phenoxy) is 1. The summed E-state index contributed by atoms with van der Waals surface area (Å²) in [7, 11) is -9.17. The van der Waals surface area contributed by atoms with E-state index in [2.05, 4.69) is 13.8 Å². The van der Waals surface area contributed by atoms with Gasteiger partial charge in [-0.3, -0.25) is 0 Å². The summed E-state index contributed by atoms with van der Waals surface area (Å²) in [5.41, 5.74) is 0. The van der Waals surface area contributed by atoms with E-state index in [1.807, 2.05) is 11.8 Å². The number of halogens is 5. The molecule has 0 heterocycles. The summed E-state index contributed by atoms with van der Waals surface area (Å²) in [6, 6.07) is 0. The predicted molar refractivity (Wildman–Crippen MR) is 121 cm³/mol. The number of hydrogen-bond donors (Lipinski definition) is 0. The van der Waals surface area contributed by atoms with Gasteiger partial charge in [0.2, 0.25) is 0 Å². The van der Waals surface area contributed by atoms with Crippen molar-refractivity contribution in [1.29, 1.82) is 0 Å². The molecule has 0 spiro atoms. The number of thioether (sulfide) groups is 1. The van der Waals surface area contributed by atoms with Crippen LogP contribution in [0.25, 0.3) is 0 Å². The molecule has 0 aliphatic rings. The van der Waals surface area contributed by atoms with Crippen LogP contribution in [-0.4, -0.2) is 30.0 Å². The Morgan fingerprint density at radius 3 is 1.34 bits per heavy atom. The molecule has 8 heteroatoms. The average Bonchev–Trinajstić information content (AvgIpc) is 2.57. The predicted octanol–water partition coefficient (Wildman–Crippen LogP) is 9.90. The maximum Gasteiger partial charge on any atom is 0.285 e. The van der Waals surface area contributed by atoms with Crippen LogP contribution in [0.2, 0.25) is 0 Å². The van der Waals surface area contributed by atoms with Gasteiger partial charge in [-0.05, 0) is 32.4 Å². The lowest BCUT2D eigenvalue weighted by Gasteiger charge is -2.40. The van der Waals surface area contributed by atoms with Crippen molar-refractivity contribution in [2.75, 3.05) is 23.9 Å². The molecule has 29 heavy (non-hydrogen) atoms. The molecule has 0 aromatic carbocycles. The number of hydrogen-bond acceptors (Lipinski definition) is 2. The van der Waals surface area contributed by atoms with Crippen molar-refractivity contribution in [2.24, 2.45) is 0 Å². The molecule has 0 aromatic heterocycles. The largest absolute Gasteiger partial charge is 0.378 e. The first kappa shape index (κ1) is 29.3. The quantitative estimate of drug-likeness (QED) is 0.122. The van der Waals surface area contributed by atoms with Crippen LogP contribution in [0, 0.1) is 0 Å². The van der Waals surface area contributed by atoms with E-state index in [1.165, 1.54) is 57.1 Å². The van der Waals surface area contributed by atoms with Crippen molar-refractivity contribution in [3.8, 4) is 0 Å². The zero-order valence-corrected chi connectivity index (χ0v) is 20.1. The van der Waals surface area contributed by atoms with Gasteiger partial charge in [-0.15, -0.1) is 0 Å². The summed E-state index contributed by atoms with van der Waals surface area (Å²) in [6.07, 6.45) is 13.8. The lowest BCUT2D eigenvalue weighted by Crippen LogP contribution is -2.10. The van der Waals surface area contributed by atoms with Gasteiger partial charge in [0.25, 0.3) is 10.2 Å². The van der Waals surface area contributed by atoms with Crippen LogP contribution < -0.4 is 0 Å². The number of rotatable bonds is 21. The van der Waals surface area contributed by atoms with Crippen LogP contribution in [-0.2, 0) is 4.74 Å². The molecule has 0 bridgehead atoms. The Labute approximate surface area is 180 Å². The molecule has 0 N–H and O–H groups in total. The number of unbranched alkanes of at least 4 members (excludes halogenated alkanes) is 13. The summed E-state index contributed by atoms with van der Waals surface area (Å²) in [5.74, 6) is 0.413. The van der Waals surface area contributed by atoms with Gasteiger partial charge in [-0.1, -0.05) is 96.5 Å². The Morgan fingerprint density at radius 1 is 0.586 bits per heavy atom. The molecule has 180 valence electrons. The van der Waals surface area contributed by atoms with E-state index in [9.17, 15) is 19.4 Å². The van der Waals surface area contributed by atoms with Crippen LogP contribution in [0.4, 0.5) is 19.4 Å². The van der Waals surface area contributed by atoms with E-state index >= 15 is 0 Å². The molecule has 0 rings (SSSR count). The zero-order chi connectivity index (χ0) is 22.1. The average molecular weight is 471 g/mol. The molecule has 0 radical (unpaired) electrons. The normalized spacial score (nSPS) is 14.9. The van der Waals surface area contributed by atoms with Crippen molar-refractivity contribution in [1.82, 2.24) is 0 Å². The fourth-order valence-electron chi connectivity index (χ4n) is 3.15. The Kier molecular flexibility index (Phi) is 14.5. The topological polar surface area (TPSA) is 9.23 Å². The van der Waals surface area contributed by atoms with Gasteiger partial charge in [-0.2, -0.15) is 11.8 Å². The molecule has 0 atom stereocenters. The smallest absolute Gasteiger partial charge is 0.285 e. The maximum atomic E-state index is 12.2. The lowest BCUT2D eigenvalue weighted by atomic mass is 10.0. The second-order valence-corrected chi connectivity index (χ2v) is 12.2. The molecular weight excluding hydrogens is 427 g/mol. The van der Waals surface area contributed by atoms with Gasteiger partial charge < -0.3 is 4.74 Å². The van der Waals surface area contributed by atoms with E-state index < -0.39 is 22.4 Å². The molecule has 0 unspecified atom stereocenters. The third kappa shape index (κ3) is 28.3. The van der Waals surface area contributed by atoms with Crippen LogP contribution in [0.1, 0.15) is 104 Å². The van der Waals surface area contributed by atoms with E-state index in [-0.39, 0.29) is 6.42 Å². The minimum absolute atomic E-state index is 0.246. The lowest BCUT2D eigenvalue weighted by molar-refractivity contribution is 0.0920. The molecule has 1 nitrogen and oxygen atoms in total. The van der Waals surface area contributed by atoms with Crippen molar-refractivity contribution in [3.05, 3.63) is 0 Å². The van der Waals surface area contributed by atoms with E-state index in [1.54, 1.807) is 0 Å². The Balaban J connectivity index is 3.16.